The molecule has 0 unspecified atom stereocenters. The second kappa shape index (κ2) is 4.59. The van der Waals surface area contributed by atoms with Crippen LogP contribution >= 0.6 is 0 Å². The Balaban J connectivity index is 2.52. The topological polar surface area (TPSA) is 58.7 Å². The molecule has 96 valence electrons. The number of nitriles is 1. The van der Waals surface area contributed by atoms with Gasteiger partial charge in [0, 0.05) is 11.6 Å². The fourth-order valence-electron chi connectivity index (χ4n) is 2.08. The Kier molecular flexibility index (Phi) is 2.77. The summed E-state index contributed by atoms with van der Waals surface area (Å²) in [5.41, 5.74) is -0.225. The molecule has 0 aliphatic heterocycles. The Bertz CT molecular complexity index is 909. The van der Waals surface area contributed by atoms with E-state index in [0.29, 0.717) is 11.0 Å². The Hall–Kier alpha value is -3.00. The number of nitrogens with zero attached hydrogens (tertiary/aromatic N) is 3. The number of halogens is 1. The smallest absolute Gasteiger partial charge is 0.267 e. The highest BCUT2D eigenvalue weighted by atomic mass is 19.1. The van der Waals surface area contributed by atoms with Gasteiger partial charge in [-0.25, -0.2) is 9.37 Å². The van der Waals surface area contributed by atoms with Gasteiger partial charge in [-0.2, -0.15) is 5.26 Å². The lowest BCUT2D eigenvalue weighted by molar-refractivity contribution is 0.617. The third kappa shape index (κ3) is 1.75. The zero-order valence-electron chi connectivity index (χ0n) is 10.2. The number of benzene rings is 1. The Morgan fingerprint density at radius 2 is 2.00 bits per heavy atom. The summed E-state index contributed by atoms with van der Waals surface area (Å²) < 4.78 is 15.1. The van der Waals surface area contributed by atoms with Crippen molar-refractivity contribution in [3.8, 4) is 11.8 Å². The van der Waals surface area contributed by atoms with Gasteiger partial charge in [-0.3, -0.25) is 9.36 Å². The van der Waals surface area contributed by atoms with Gasteiger partial charge in [0.1, 0.15) is 23.1 Å². The summed E-state index contributed by atoms with van der Waals surface area (Å²) >= 11 is 0. The molecule has 2 heterocycles. The molecule has 4 nitrogen and oxygen atoms in total. The molecule has 0 spiro atoms. The average Bonchev–Trinajstić information content (AvgIpc) is 2.48. The zero-order valence-corrected chi connectivity index (χ0v) is 10.2. The maximum atomic E-state index is 13.9. The summed E-state index contributed by atoms with van der Waals surface area (Å²) in [7, 11) is 0. The summed E-state index contributed by atoms with van der Waals surface area (Å²) in [4.78, 5) is 16.4. The van der Waals surface area contributed by atoms with Crippen LogP contribution in [0.25, 0.3) is 16.7 Å². The lowest BCUT2D eigenvalue weighted by Crippen LogP contribution is -2.22. The van der Waals surface area contributed by atoms with Gasteiger partial charge in [-0.15, -0.1) is 0 Å². The van der Waals surface area contributed by atoms with Crippen LogP contribution in [0.5, 0.6) is 0 Å². The molecule has 2 aromatic heterocycles. The van der Waals surface area contributed by atoms with E-state index in [-0.39, 0.29) is 11.3 Å². The molecule has 0 saturated heterocycles. The summed E-state index contributed by atoms with van der Waals surface area (Å²) in [5.74, 6) is -0.545. The van der Waals surface area contributed by atoms with E-state index in [9.17, 15) is 9.18 Å². The molecule has 0 saturated carbocycles. The Morgan fingerprint density at radius 1 is 1.20 bits per heavy atom. The molecule has 0 aliphatic carbocycles. The Morgan fingerprint density at radius 3 is 2.75 bits per heavy atom. The molecule has 5 heteroatoms. The number of pyridine rings is 2. The van der Waals surface area contributed by atoms with Crippen molar-refractivity contribution in [2.45, 2.75) is 0 Å². The third-order valence-corrected chi connectivity index (χ3v) is 2.98. The largest absolute Gasteiger partial charge is 0.274 e. The van der Waals surface area contributed by atoms with E-state index < -0.39 is 11.4 Å². The second-order valence-corrected chi connectivity index (χ2v) is 4.18. The first-order chi connectivity index (χ1) is 9.72. The molecule has 0 amide bonds. The third-order valence-electron chi connectivity index (χ3n) is 2.98. The van der Waals surface area contributed by atoms with Crippen LogP contribution in [0.15, 0.2) is 53.5 Å². The molecule has 3 aromatic rings. The SMILES string of the molecule is N#Cc1cc2cccnc2n(-c2ccccc2F)c1=O. The molecular formula is C15H8FN3O. The van der Waals surface area contributed by atoms with Gasteiger partial charge in [0.25, 0.3) is 5.56 Å². The fourth-order valence-corrected chi connectivity index (χ4v) is 2.08. The van der Waals surface area contributed by atoms with Crippen LogP contribution in [0.4, 0.5) is 4.39 Å². The first-order valence-corrected chi connectivity index (χ1v) is 5.88. The van der Waals surface area contributed by atoms with E-state index in [1.54, 1.807) is 18.2 Å². The van der Waals surface area contributed by atoms with Gasteiger partial charge < -0.3 is 0 Å². The number of para-hydroxylation sites is 1. The highest BCUT2D eigenvalue weighted by Gasteiger charge is 2.13. The molecule has 3 rings (SSSR count). The van der Waals surface area contributed by atoms with Crippen LogP contribution in [0.3, 0.4) is 0 Å². The average molecular weight is 265 g/mol. The van der Waals surface area contributed by atoms with Crippen LogP contribution in [-0.4, -0.2) is 9.55 Å². The van der Waals surface area contributed by atoms with E-state index in [4.69, 9.17) is 5.26 Å². The number of hydrogen-bond donors (Lipinski definition) is 0. The Labute approximate surface area is 113 Å². The summed E-state index contributed by atoms with van der Waals surface area (Å²) in [5, 5.41) is 9.64. The number of fused-ring (bicyclic) bond motifs is 1. The quantitative estimate of drug-likeness (QED) is 0.678. The molecule has 0 atom stereocenters. The lowest BCUT2D eigenvalue weighted by atomic mass is 10.2. The van der Waals surface area contributed by atoms with E-state index in [0.717, 1.165) is 4.57 Å². The van der Waals surface area contributed by atoms with Gasteiger partial charge in [0.15, 0.2) is 0 Å². The molecule has 0 radical (unpaired) electrons. The van der Waals surface area contributed by atoms with E-state index in [1.165, 1.54) is 30.5 Å². The van der Waals surface area contributed by atoms with Crippen LogP contribution in [-0.2, 0) is 0 Å². The van der Waals surface area contributed by atoms with Gasteiger partial charge in [0.05, 0.1) is 5.69 Å². The van der Waals surface area contributed by atoms with Crippen molar-refractivity contribution < 1.29 is 4.39 Å². The van der Waals surface area contributed by atoms with Gasteiger partial charge in [-0.05, 0) is 30.3 Å². The molecule has 0 N–H and O–H groups in total. The van der Waals surface area contributed by atoms with Crippen LogP contribution in [0, 0.1) is 17.1 Å². The zero-order chi connectivity index (χ0) is 14.1. The maximum Gasteiger partial charge on any atom is 0.274 e. The number of hydrogen-bond acceptors (Lipinski definition) is 3. The predicted octanol–water partition coefficient (Wildman–Crippen LogP) is 2.40. The molecule has 0 bridgehead atoms. The molecule has 1 aromatic carbocycles. The minimum Gasteiger partial charge on any atom is -0.267 e. The van der Waals surface area contributed by atoms with Crippen molar-refractivity contribution in [3.05, 3.63) is 70.4 Å². The van der Waals surface area contributed by atoms with Crippen molar-refractivity contribution in [1.82, 2.24) is 9.55 Å². The molecule has 0 aliphatic rings. The number of aromatic nitrogens is 2. The molecular weight excluding hydrogens is 257 g/mol. The van der Waals surface area contributed by atoms with Crippen LogP contribution in [0.1, 0.15) is 5.56 Å². The first-order valence-electron chi connectivity index (χ1n) is 5.88. The van der Waals surface area contributed by atoms with Crippen molar-refractivity contribution in [2.24, 2.45) is 0 Å². The predicted molar refractivity (Wildman–Crippen MR) is 72.0 cm³/mol. The number of rotatable bonds is 1. The standard InChI is InChI=1S/C15H8FN3O/c16-12-5-1-2-6-13(12)19-14-10(4-3-7-18-14)8-11(9-17)15(19)20/h1-8H. The van der Waals surface area contributed by atoms with Crippen molar-refractivity contribution in [1.29, 1.82) is 5.26 Å². The van der Waals surface area contributed by atoms with E-state index >= 15 is 0 Å². The normalized spacial score (nSPS) is 10.4. The van der Waals surface area contributed by atoms with Crippen molar-refractivity contribution in [3.63, 3.8) is 0 Å². The van der Waals surface area contributed by atoms with Crippen molar-refractivity contribution >= 4 is 11.0 Å². The molecule has 0 fully saturated rings. The van der Waals surface area contributed by atoms with E-state index in [2.05, 4.69) is 4.98 Å². The van der Waals surface area contributed by atoms with Crippen LogP contribution < -0.4 is 5.56 Å². The minimum atomic E-state index is -0.580. The second-order valence-electron chi connectivity index (χ2n) is 4.18. The van der Waals surface area contributed by atoms with Gasteiger partial charge in [-0.1, -0.05) is 12.1 Å². The first kappa shape index (κ1) is 12.1. The molecule has 20 heavy (non-hydrogen) atoms. The summed E-state index contributed by atoms with van der Waals surface area (Å²) in [6, 6.07) is 12.6. The highest BCUT2D eigenvalue weighted by Crippen LogP contribution is 2.17. The summed E-state index contributed by atoms with van der Waals surface area (Å²) in [6.45, 7) is 0. The fraction of sp³-hybridized carbons (Fsp3) is 0. The van der Waals surface area contributed by atoms with Crippen LogP contribution in [0.2, 0.25) is 0 Å². The van der Waals surface area contributed by atoms with Gasteiger partial charge >= 0.3 is 0 Å². The monoisotopic (exact) mass is 265 g/mol. The lowest BCUT2D eigenvalue weighted by Gasteiger charge is -2.10. The van der Waals surface area contributed by atoms with Gasteiger partial charge in [0.2, 0.25) is 0 Å². The minimum absolute atomic E-state index is 0.0475. The van der Waals surface area contributed by atoms with Crippen molar-refractivity contribution in [2.75, 3.05) is 0 Å². The maximum absolute atomic E-state index is 13.9. The van der Waals surface area contributed by atoms with E-state index in [1.807, 2.05) is 6.07 Å². The summed E-state index contributed by atoms with van der Waals surface area (Å²) in [6.07, 6.45) is 1.52. The highest BCUT2D eigenvalue weighted by molar-refractivity contribution is 5.78.